The van der Waals surface area contributed by atoms with Crippen molar-refractivity contribution in [3.8, 4) is 0 Å². The van der Waals surface area contributed by atoms with E-state index in [1.165, 1.54) is 23.4 Å². The van der Waals surface area contributed by atoms with Crippen LogP contribution in [0.2, 0.25) is 0 Å². The van der Waals surface area contributed by atoms with E-state index in [-0.39, 0.29) is 0 Å². The molecule has 1 aromatic heterocycles. The summed E-state index contributed by atoms with van der Waals surface area (Å²) in [6, 6.07) is 11.3. The number of rotatable bonds is 2. The number of anilines is 1. The molecule has 2 aromatic rings. The third kappa shape index (κ3) is 2.13. The molecule has 1 aliphatic rings. The topological polar surface area (TPSA) is 29.9 Å². The Hall–Kier alpha value is -1.77. The molecular formula is C15H19N3. The molecule has 0 aliphatic carbocycles. The normalized spacial score (nSPS) is 22.3. The second kappa shape index (κ2) is 4.48. The summed E-state index contributed by atoms with van der Waals surface area (Å²) in [6.07, 6.45) is 4.23. The van der Waals surface area contributed by atoms with Crippen LogP contribution in [0.4, 0.5) is 5.69 Å². The average molecular weight is 241 g/mol. The lowest BCUT2D eigenvalue weighted by molar-refractivity contribution is 0.543. The first-order valence-electron chi connectivity index (χ1n) is 6.56. The number of benzene rings is 1. The molecule has 2 atom stereocenters. The van der Waals surface area contributed by atoms with Crippen LogP contribution < -0.4 is 5.32 Å². The number of nitrogens with zero attached hydrogens (tertiary/aromatic N) is 2. The fourth-order valence-electron chi connectivity index (χ4n) is 2.88. The molecule has 2 heterocycles. The molecule has 1 aromatic carbocycles. The van der Waals surface area contributed by atoms with E-state index < -0.39 is 0 Å². The van der Waals surface area contributed by atoms with Gasteiger partial charge in [-0.1, -0.05) is 18.2 Å². The Bertz CT molecular complexity index is 544. The van der Waals surface area contributed by atoms with Crippen molar-refractivity contribution in [3.63, 3.8) is 0 Å². The Balaban J connectivity index is 1.88. The SMILES string of the molecule is CC1CC(Cc2ccn(C)n2)c2ccccc2N1. The predicted octanol–water partition coefficient (Wildman–Crippen LogP) is 2.95. The Labute approximate surface area is 108 Å². The summed E-state index contributed by atoms with van der Waals surface area (Å²) in [7, 11) is 1.97. The largest absolute Gasteiger partial charge is 0.382 e. The van der Waals surface area contributed by atoms with Gasteiger partial charge in [0.2, 0.25) is 0 Å². The molecule has 2 unspecified atom stereocenters. The summed E-state index contributed by atoms with van der Waals surface area (Å²) < 4.78 is 1.88. The number of hydrogen-bond donors (Lipinski definition) is 1. The number of aryl methyl sites for hydroxylation is 1. The molecule has 0 saturated carbocycles. The van der Waals surface area contributed by atoms with Gasteiger partial charge in [0.15, 0.2) is 0 Å². The highest BCUT2D eigenvalue weighted by Gasteiger charge is 2.24. The Kier molecular flexibility index (Phi) is 2.82. The number of fused-ring (bicyclic) bond motifs is 1. The summed E-state index contributed by atoms with van der Waals surface area (Å²) in [5.41, 5.74) is 3.91. The van der Waals surface area contributed by atoms with Crippen LogP contribution in [0.15, 0.2) is 36.5 Å². The molecule has 0 radical (unpaired) electrons. The number of aromatic nitrogens is 2. The second-order valence-corrected chi connectivity index (χ2v) is 5.25. The van der Waals surface area contributed by atoms with Gasteiger partial charge < -0.3 is 5.32 Å². The molecule has 3 nitrogen and oxygen atoms in total. The maximum atomic E-state index is 4.50. The van der Waals surface area contributed by atoms with E-state index in [0.29, 0.717) is 12.0 Å². The lowest BCUT2D eigenvalue weighted by Crippen LogP contribution is -2.26. The summed E-state index contributed by atoms with van der Waals surface area (Å²) in [6.45, 7) is 2.25. The van der Waals surface area contributed by atoms with Crippen LogP contribution in [0.1, 0.15) is 30.5 Å². The zero-order valence-corrected chi connectivity index (χ0v) is 10.9. The quantitative estimate of drug-likeness (QED) is 0.876. The van der Waals surface area contributed by atoms with Gasteiger partial charge in [-0.2, -0.15) is 5.10 Å². The highest BCUT2D eigenvalue weighted by atomic mass is 15.2. The minimum atomic E-state index is 0.536. The summed E-state index contributed by atoms with van der Waals surface area (Å²) in [5, 5.41) is 8.05. The fraction of sp³-hybridized carbons (Fsp3) is 0.400. The minimum absolute atomic E-state index is 0.536. The molecule has 94 valence electrons. The smallest absolute Gasteiger partial charge is 0.0630 e. The number of hydrogen-bond acceptors (Lipinski definition) is 2. The van der Waals surface area contributed by atoms with E-state index in [2.05, 4.69) is 47.7 Å². The van der Waals surface area contributed by atoms with Gasteiger partial charge in [-0.15, -0.1) is 0 Å². The first-order valence-corrected chi connectivity index (χ1v) is 6.56. The maximum Gasteiger partial charge on any atom is 0.0630 e. The zero-order chi connectivity index (χ0) is 12.5. The standard InChI is InChI=1S/C15H19N3/c1-11-9-12(10-13-7-8-18(2)17-13)14-5-3-4-6-15(14)16-11/h3-8,11-12,16H,9-10H2,1-2H3. The van der Waals surface area contributed by atoms with Crippen LogP contribution in [0.25, 0.3) is 0 Å². The van der Waals surface area contributed by atoms with Crippen molar-refractivity contribution in [2.75, 3.05) is 5.32 Å². The Morgan fingerprint density at radius 1 is 1.33 bits per heavy atom. The van der Waals surface area contributed by atoms with Gasteiger partial charge in [-0.25, -0.2) is 0 Å². The molecule has 0 spiro atoms. The van der Waals surface area contributed by atoms with E-state index in [9.17, 15) is 0 Å². The molecule has 0 bridgehead atoms. The van der Waals surface area contributed by atoms with E-state index in [1.807, 2.05) is 17.9 Å². The van der Waals surface area contributed by atoms with Crippen molar-refractivity contribution in [2.45, 2.75) is 31.7 Å². The fourth-order valence-corrected chi connectivity index (χ4v) is 2.88. The Morgan fingerprint density at radius 3 is 2.94 bits per heavy atom. The molecule has 0 amide bonds. The van der Waals surface area contributed by atoms with Gasteiger partial charge in [0.1, 0.15) is 0 Å². The van der Waals surface area contributed by atoms with Gasteiger partial charge in [0, 0.05) is 25.0 Å². The van der Waals surface area contributed by atoms with E-state index in [4.69, 9.17) is 0 Å². The van der Waals surface area contributed by atoms with Crippen molar-refractivity contribution in [3.05, 3.63) is 47.8 Å². The van der Waals surface area contributed by atoms with Crippen LogP contribution in [-0.2, 0) is 13.5 Å². The molecule has 18 heavy (non-hydrogen) atoms. The number of nitrogens with one attached hydrogen (secondary N) is 1. The first kappa shape index (κ1) is 11.3. The van der Waals surface area contributed by atoms with Gasteiger partial charge in [0.25, 0.3) is 0 Å². The summed E-state index contributed by atoms with van der Waals surface area (Å²) in [4.78, 5) is 0. The van der Waals surface area contributed by atoms with Gasteiger partial charge >= 0.3 is 0 Å². The minimum Gasteiger partial charge on any atom is -0.382 e. The second-order valence-electron chi connectivity index (χ2n) is 5.25. The van der Waals surface area contributed by atoms with Crippen molar-refractivity contribution in [1.82, 2.24) is 9.78 Å². The van der Waals surface area contributed by atoms with E-state index >= 15 is 0 Å². The Morgan fingerprint density at radius 2 is 2.17 bits per heavy atom. The van der Waals surface area contributed by atoms with Crippen LogP contribution >= 0.6 is 0 Å². The zero-order valence-electron chi connectivity index (χ0n) is 10.9. The van der Waals surface area contributed by atoms with Crippen molar-refractivity contribution >= 4 is 5.69 Å². The highest BCUT2D eigenvalue weighted by molar-refractivity contribution is 5.55. The monoisotopic (exact) mass is 241 g/mol. The van der Waals surface area contributed by atoms with E-state index in [1.54, 1.807) is 0 Å². The number of para-hydroxylation sites is 1. The third-order valence-corrected chi connectivity index (χ3v) is 3.66. The van der Waals surface area contributed by atoms with Gasteiger partial charge in [0.05, 0.1) is 5.69 Å². The first-order chi connectivity index (χ1) is 8.72. The van der Waals surface area contributed by atoms with Crippen molar-refractivity contribution < 1.29 is 0 Å². The molecule has 0 fully saturated rings. The molecule has 1 N–H and O–H groups in total. The lowest BCUT2D eigenvalue weighted by Gasteiger charge is -2.31. The van der Waals surface area contributed by atoms with Crippen molar-refractivity contribution in [2.24, 2.45) is 7.05 Å². The van der Waals surface area contributed by atoms with E-state index in [0.717, 1.165) is 6.42 Å². The third-order valence-electron chi connectivity index (χ3n) is 3.66. The molecule has 0 saturated heterocycles. The average Bonchev–Trinajstić information content (AvgIpc) is 2.74. The van der Waals surface area contributed by atoms with Crippen LogP contribution in [0, 0.1) is 0 Å². The highest BCUT2D eigenvalue weighted by Crippen LogP contribution is 2.35. The van der Waals surface area contributed by atoms with Crippen LogP contribution in [-0.4, -0.2) is 15.8 Å². The molecule has 1 aliphatic heterocycles. The van der Waals surface area contributed by atoms with Crippen molar-refractivity contribution in [1.29, 1.82) is 0 Å². The lowest BCUT2D eigenvalue weighted by atomic mass is 9.84. The summed E-state index contributed by atoms with van der Waals surface area (Å²) >= 11 is 0. The summed E-state index contributed by atoms with van der Waals surface area (Å²) in [5.74, 6) is 0.576. The molecule has 3 heteroatoms. The molecule has 3 rings (SSSR count). The van der Waals surface area contributed by atoms with Gasteiger partial charge in [-0.3, -0.25) is 4.68 Å². The maximum absolute atomic E-state index is 4.50. The van der Waals surface area contributed by atoms with Gasteiger partial charge in [-0.05, 0) is 43.4 Å². The predicted molar refractivity (Wildman–Crippen MR) is 73.8 cm³/mol. The van der Waals surface area contributed by atoms with Crippen LogP contribution in [0.5, 0.6) is 0 Å². The molecular weight excluding hydrogens is 222 g/mol. The van der Waals surface area contributed by atoms with Crippen LogP contribution in [0.3, 0.4) is 0 Å².